The summed E-state index contributed by atoms with van der Waals surface area (Å²) in [4.78, 5) is 25.3. The number of halogens is 3. The Hall–Kier alpha value is -2.66. The highest BCUT2D eigenvalue weighted by atomic mass is 32.1. The molecule has 0 aliphatic heterocycles. The molecular formula is C20H19F3N2O2S. The zero-order chi connectivity index (χ0) is 21.3. The van der Waals surface area contributed by atoms with E-state index in [0.717, 1.165) is 23.5 Å². The SMILES string of the molecule is CCn1c(=O)/c(=C\c2ccc(C(F)(F)F)cc2)s/c1=C(/C#N)C(=O)C(C)(C)C. The van der Waals surface area contributed by atoms with Crippen LogP contribution in [0.4, 0.5) is 13.2 Å². The highest BCUT2D eigenvalue weighted by Crippen LogP contribution is 2.29. The van der Waals surface area contributed by atoms with Crippen LogP contribution in [0.3, 0.4) is 0 Å². The van der Waals surface area contributed by atoms with Gasteiger partial charge in [0.1, 0.15) is 16.3 Å². The lowest BCUT2D eigenvalue weighted by Gasteiger charge is -2.15. The number of aromatic nitrogens is 1. The van der Waals surface area contributed by atoms with Gasteiger partial charge in [-0.2, -0.15) is 18.4 Å². The van der Waals surface area contributed by atoms with Gasteiger partial charge >= 0.3 is 6.18 Å². The summed E-state index contributed by atoms with van der Waals surface area (Å²) >= 11 is 0.985. The molecule has 0 bridgehead atoms. The first-order valence-corrected chi connectivity index (χ1v) is 9.29. The average Bonchev–Trinajstić information content (AvgIpc) is 2.90. The molecule has 0 spiro atoms. The maximum Gasteiger partial charge on any atom is 0.416 e. The molecule has 1 aromatic heterocycles. The summed E-state index contributed by atoms with van der Waals surface area (Å²) in [5.41, 5.74) is -1.64. The molecule has 0 atom stereocenters. The van der Waals surface area contributed by atoms with Crippen LogP contribution in [0.1, 0.15) is 38.8 Å². The minimum absolute atomic E-state index is 0.0940. The normalized spacial score (nSPS) is 14.0. The lowest BCUT2D eigenvalue weighted by molar-refractivity contribution is -0.137. The van der Waals surface area contributed by atoms with Crippen molar-refractivity contribution in [1.82, 2.24) is 4.57 Å². The van der Waals surface area contributed by atoms with Crippen molar-refractivity contribution < 1.29 is 18.0 Å². The van der Waals surface area contributed by atoms with E-state index < -0.39 is 22.7 Å². The zero-order valence-electron chi connectivity index (χ0n) is 15.8. The Balaban J connectivity index is 2.71. The molecule has 148 valence electrons. The Bertz CT molecular complexity index is 1110. The molecule has 0 fully saturated rings. The summed E-state index contributed by atoms with van der Waals surface area (Å²) in [6.07, 6.45) is -2.98. The van der Waals surface area contributed by atoms with Gasteiger partial charge in [0.2, 0.25) is 0 Å². The van der Waals surface area contributed by atoms with Crippen molar-refractivity contribution >= 4 is 28.8 Å². The van der Waals surface area contributed by atoms with Gasteiger partial charge in [-0.1, -0.05) is 32.9 Å². The van der Waals surface area contributed by atoms with Crippen molar-refractivity contribution in [3.63, 3.8) is 0 Å². The van der Waals surface area contributed by atoms with Gasteiger partial charge in [-0.15, -0.1) is 11.3 Å². The van der Waals surface area contributed by atoms with E-state index in [1.165, 1.54) is 22.8 Å². The number of alkyl halides is 3. The van der Waals surface area contributed by atoms with Gasteiger partial charge in [0.25, 0.3) is 5.56 Å². The molecule has 0 saturated heterocycles. The number of carbonyl (C=O) groups excluding carboxylic acids is 1. The van der Waals surface area contributed by atoms with Crippen molar-refractivity contribution in [3.8, 4) is 6.07 Å². The molecule has 1 heterocycles. The van der Waals surface area contributed by atoms with Crippen LogP contribution < -0.4 is 14.8 Å². The Morgan fingerprint density at radius 1 is 1.21 bits per heavy atom. The van der Waals surface area contributed by atoms with Gasteiger partial charge < -0.3 is 0 Å². The molecule has 0 unspecified atom stereocenters. The van der Waals surface area contributed by atoms with Gasteiger partial charge in [0.15, 0.2) is 5.78 Å². The second-order valence-electron chi connectivity index (χ2n) is 7.15. The van der Waals surface area contributed by atoms with Gasteiger partial charge in [-0.3, -0.25) is 14.2 Å². The fourth-order valence-electron chi connectivity index (χ4n) is 2.48. The van der Waals surface area contributed by atoms with Crippen molar-refractivity contribution in [2.24, 2.45) is 5.41 Å². The molecule has 0 radical (unpaired) electrons. The number of nitriles is 1. The van der Waals surface area contributed by atoms with E-state index >= 15 is 0 Å². The third-order valence-electron chi connectivity index (χ3n) is 3.99. The lowest BCUT2D eigenvalue weighted by Crippen LogP contribution is -2.33. The van der Waals surface area contributed by atoms with Crippen LogP contribution in [-0.4, -0.2) is 10.4 Å². The van der Waals surface area contributed by atoms with E-state index in [9.17, 15) is 28.0 Å². The summed E-state index contributed by atoms with van der Waals surface area (Å²) in [7, 11) is 0. The van der Waals surface area contributed by atoms with Gasteiger partial charge in [0, 0.05) is 12.0 Å². The van der Waals surface area contributed by atoms with E-state index in [2.05, 4.69) is 0 Å². The molecule has 2 aromatic rings. The van der Waals surface area contributed by atoms with E-state index in [1.54, 1.807) is 27.7 Å². The van der Waals surface area contributed by atoms with Crippen LogP contribution in [-0.2, 0) is 17.5 Å². The van der Waals surface area contributed by atoms with Crippen molar-refractivity contribution in [1.29, 1.82) is 5.26 Å². The number of thiazole rings is 1. The van der Waals surface area contributed by atoms with E-state index in [-0.39, 0.29) is 27.1 Å². The first-order valence-electron chi connectivity index (χ1n) is 8.48. The molecule has 2 rings (SSSR count). The first kappa shape index (κ1) is 21.6. The fourth-order valence-corrected chi connectivity index (χ4v) is 3.65. The van der Waals surface area contributed by atoms with E-state index in [4.69, 9.17) is 0 Å². The Morgan fingerprint density at radius 2 is 1.79 bits per heavy atom. The molecule has 0 aliphatic carbocycles. The molecule has 0 aliphatic rings. The summed E-state index contributed by atoms with van der Waals surface area (Å²) in [5.74, 6) is -0.375. The highest BCUT2D eigenvalue weighted by molar-refractivity contribution is 7.07. The van der Waals surface area contributed by atoms with Gasteiger partial charge in [-0.05, 0) is 30.7 Å². The molecule has 0 saturated carbocycles. The Morgan fingerprint density at radius 3 is 2.21 bits per heavy atom. The number of rotatable bonds is 3. The summed E-state index contributed by atoms with van der Waals surface area (Å²) in [6.45, 7) is 7.03. The first-order chi connectivity index (χ1) is 12.9. The number of benzene rings is 1. The number of hydrogen-bond acceptors (Lipinski definition) is 4. The minimum Gasteiger partial charge on any atom is -0.298 e. The predicted octanol–water partition coefficient (Wildman–Crippen LogP) is 3.07. The largest absolute Gasteiger partial charge is 0.416 e. The zero-order valence-corrected chi connectivity index (χ0v) is 16.7. The third-order valence-corrected chi connectivity index (χ3v) is 5.12. The summed E-state index contributed by atoms with van der Waals surface area (Å²) in [5, 5.41) is 9.50. The smallest absolute Gasteiger partial charge is 0.298 e. The topological polar surface area (TPSA) is 62.9 Å². The second kappa shape index (κ2) is 7.76. The predicted molar refractivity (Wildman–Crippen MR) is 102 cm³/mol. The van der Waals surface area contributed by atoms with Crippen molar-refractivity contribution in [2.75, 3.05) is 0 Å². The molecule has 0 amide bonds. The van der Waals surface area contributed by atoms with Crippen LogP contribution >= 0.6 is 11.3 Å². The molecule has 0 N–H and O–H groups in total. The Kier molecular flexibility index (Phi) is 6.00. The van der Waals surface area contributed by atoms with Gasteiger partial charge in [-0.25, -0.2) is 0 Å². The molecule has 1 aromatic carbocycles. The number of ketones is 1. The van der Waals surface area contributed by atoms with Gasteiger partial charge in [0.05, 0.1) is 10.1 Å². The number of nitrogens with zero attached hydrogens (tertiary/aromatic N) is 2. The van der Waals surface area contributed by atoms with Crippen LogP contribution in [0.25, 0.3) is 11.6 Å². The van der Waals surface area contributed by atoms with Crippen LogP contribution in [0.2, 0.25) is 0 Å². The summed E-state index contributed by atoms with van der Waals surface area (Å²) in [6, 6.07) is 6.33. The van der Waals surface area contributed by atoms with Crippen LogP contribution in [0, 0.1) is 16.7 Å². The fraction of sp³-hybridized carbons (Fsp3) is 0.350. The Labute approximate surface area is 163 Å². The van der Waals surface area contributed by atoms with Crippen LogP contribution in [0.5, 0.6) is 0 Å². The monoisotopic (exact) mass is 408 g/mol. The molecule has 28 heavy (non-hydrogen) atoms. The number of carbonyl (C=O) groups is 1. The number of hydrogen-bond donors (Lipinski definition) is 0. The molecule has 4 nitrogen and oxygen atoms in total. The average molecular weight is 408 g/mol. The maximum absolute atomic E-state index is 12.7. The second-order valence-corrected chi connectivity index (χ2v) is 8.18. The summed E-state index contributed by atoms with van der Waals surface area (Å²) < 4.78 is 39.9. The van der Waals surface area contributed by atoms with Crippen molar-refractivity contribution in [3.05, 3.63) is 54.9 Å². The molecular weight excluding hydrogens is 389 g/mol. The third kappa shape index (κ3) is 4.42. The lowest BCUT2D eigenvalue weighted by atomic mass is 9.87. The van der Waals surface area contributed by atoms with Crippen LogP contribution in [0.15, 0.2) is 29.1 Å². The maximum atomic E-state index is 12.7. The van der Waals surface area contributed by atoms with E-state index in [1.807, 2.05) is 6.07 Å². The minimum atomic E-state index is -4.44. The number of Topliss-reactive ketones (excluding diaryl/α,β-unsaturated/α-hetero) is 1. The molecule has 8 heteroatoms. The van der Waals surface area contributed by atoms with Crippen molar-refractivity contribution in [2.45, 2.75) is 40.4 Å². The highest BCUT2D eigenvalue weighted by Gasteiger charge is 2.30. The van der Waals surface area contributed by atoms with E-state index in [0.29, 0.717) is 5.56 Å². The quantitative estimate of drug-likeness (QED) is 0.784. The standard InChI is InChI=1S/C20H19F3N2O2S/c1-5-25-17(27)15(10-12-6-8-13(9-7-12)20(21,22)23)28-18(25)14(11-24)16(26)19(2,3)4/h6-10H,5H2,1-4H3/b15-10+,18-14-.